The molecule has 0 rings (SSSR count). The van der Waals surface area contributed by atoms with Gasteiger partial charge in [0, 0.05) is 0 Å². The second-order valence-corrected chi connectivity index (χ2v) is 1.79. The number of allylic oxidation sites excluding steroid dienone is 1. The van der Waals surface area contributed by atoms with Gasteiger partial charge in [-0.1, -0.05) is 0 Å². The summed E-state index contributed by atoms with van der Waals surface area (Å²) in [5.41, 5.74) is 2.58. The Kier molecular flexibility index (Phi) is 2.99. The Bertz CT molecular complexity index is 215. The Labute approximate surface area is 63.8 Å². The maximum absolute atomic E-state index is 12.1. The molecule has 0 amide bonds. The molecule has 0 spiro atoms. The second-order valence-electron chi connectivity index (χ2n) is 1.79. The van der Waals surface area contributed by atoms with Crippen LogP contribution in [-0.4, -0.2) is 17.3 Å². The molecule has 2 N–H and O–H groups in total. The fourth-order valence-electron chi connectivity index (χ4n) is 0.326. The molecule has 0 radical (unpaired) electrons. The first kappa shape index (κ1) is 10.7. The molecule has 0 unspecified atom stereocenters. The fourth-order valence-corrected chi connectivity index (χ4v) is 0.326. The van der Waals surface area contributed by atoms with Crippen LogP contribution in [0.3, 0.4) is 0 Å². The molecule has 70 valence electrons. The quantitative estimate of drug-likeness (QED) is 0.407. The third kappa shape index (κ3) is 2.36. The monoisotopic (exact) mass is 188 g/mol. The molecular weight excluding hydrogens is 184 g/mol. The summed E-state index contributed by atoms with van der Waals surface area (Å²) in [4.78, 5) is 8.22. The molecule has 0 saturated carbocycles. The zero-order valence-corrected chi connectivity index (χ0v) is 5.51. The lowest BCUT2D eigenvalue weighted by Gasteiger charge is -2.12. The molecule has 0 aromatic heterocycles. The maximum atomic E-state index is 12.1. The number of nitrogens with zero attached hydrogens (tertiary/aromatic N) is 1. The zero-order valence-electron chi connectivity index (χ0n) is 5.51. The summed E-state index contributed by atoms with van der Waals surface area (Å²) in [6, 6.07) is 0. The minimum atomic E-state index is -4.65. The lowest BCUT2D eigenvalue weighted by atomic mass is 10.3. The topological polar surface area (TPSA) is 69.2 Å². The predicted octanol–water partition coefficient (Wildman–Crippen LogP) is 0.964. The SMILES string of the molecule is N/C(=C/[N+](=O)[O-])C(F)(F)C(F)F. The standard InChI is InChI=1S/C4H4F4N2O2/c5-3(6)4(7,8)2(9)1-10(11)12/h1,3H,9H2/b2-1+. The van der Waals surface area contributed by atoms with Crippen LogP contribution in [0.25, 0.3) is 0 Å². The molecule has 8 heteroatoms. The van der Waals surface area contributed by atoms with Crippen molar-refractivity contribution in [2.45, 2.75) is 12.3 Å². The highest BCUT2D eigenvalue weighted by atomic mass is 19.3. The Hall–Kier alpha value is -1.34. The van der Waals surface area contributed by atoms with Crippen LogP contribution in [0.15, 0.2) is 11.9 Å². The van der Waals surface area contributed by atoms with Crippen molar-refractivity contribution in [2.75, 3.05) is 0 Å². The van der Waals surface area contributed by atoms with Crippen molar-refractivity contribution in [3.8, 4) is 0 Å². The highest BCUT2D eigenvalue weighted by Crippen LogP contribution is 2.27. The highest BCUT2D eigenvalue weighted by Gasteiger charge is 2.45. The van der Waals surface area contributed by atoms with Gasteiger partial charge in [-0.15, -0.1) is 0 Å². The normalized spacial score (nSPS) is 13.6. The van der Waals surface area contributed by atoms with E-state index in [0.29, 0.717) is 0 Å². The van der Waals surface area contributed by atoms with E-state index in [0.717, 1.165) is 0 Å². The van der Waals surface area contributed by atoms with Crippen LogP contribution >= 0.6 is 0 Å². The molecule has 0 aliphatic rings. The van der Waals surface area contributed by atoms with Gasteiger partial charge in [-0.05, 0) is 0 Å². The summed E-state index contributed by atoms with van der Waals surface area (Å²) in [5.74, 6) is -4.65. The number of halogens is 4. The molecular formula is C4H4F4N2O2. The predicted molar refractivity (Wildman–Crippen MR) is 30.2 cm³/mol. The van der Waals surface area contributed by atoms with Crippen molar-refractivity contribution in [1.29, 1.82) is 0 Å². The Balaban J connectivity index is 4.67. The van der Waals surface area contributed by atoms with Crippen molar-refractivity contribution in [1.82, 2.24) is 0 Å². The van der Waals surface area contributed by atoms with Gasteiger partial charge in [0.25, 0.3) is 6.20 Å². The van der Waals surface area contributed by atoms with Gasteiger partial charge in [0.2, 0.25) is 0 Å². The number of hydrogen-bond acceptors (Lipinski definition) is 3. The van der Waals surface area contributed by atoms with Crippen LogP contribution in [0.4, 0.5) is 17.6 Å². The van der Waals surface area contributed by atoms with Crippen LogP contribution < -0.4 is 5.73 Å². The molecule has 0 saturated heterocycles. The van der Waals surface area contributed by atoms with Gasteiger partial charge in [-0.3, -0.25) is 10.1 Å². The Morgan fingerprint density at radius 1 is 1.58 bits per heavy atom. The summed E-state index contributed by atoms with van der Waals surface area (Å²) in [5, 5.41) is 9.55. The highest BCUT2D eigenvalue weighted by molar-refractivity contribution is 5.06. The number of hydrogen-bond donors (Lipinski definition) is 1. The first-order chi connectivity index (χ1) is 5.28. The van der Waals surface area contributed by atoms with Gasteiger partial charge in [-0.2, -0.15) is 8.78 Å². The van der Waals surface area contributed by atoms with Gasteiger partial charge in [-0.25, -0.2) is 8.78 Å². The van der Waals surface area contributed by atoms with Gasteiger partial charge < -0.3 is 5.73 Å². The minimum Gasteiger partial charge on any atom is -0.392 e. The van der Waals surface area contributed by atoms with E-state index >= 15 is 0 Å². The van der Waals surface area contributed by atoms with E-state index < -0.39 is 23.0 Å². The first-order valence-corrected chi connectivity index (χ1v) is 2.55. The largest absolute Gasteiger partial charge is 0.392 e. The van der Waals surface area contributed by atoms with Crippen molar-refractivity contribution in [3.05, 3.63) is 22.0 Å². The van der Waals surface area contributed by atoms with Gasteiger partial charge in [0.05, 0.1) is 4.92 Å². The lowest BCUT2D eigenvalue weighted by molar-refractivity contribution is -0.405. The van der Waals surface area contributed by atoms with E-state index in [2.05, 4.69) is 5.73 Å². The molecule has 0 heterocycles. The van der Waals surface area contributed by atoms with Crippen molar-refractivity contribution >= 4 is 0 Å². The summed E-state index contributed by atoms with van der Waals surface area (Å²) < 4.78 is 46.9. The summed E-state index contributed by atoms with van der Waals surface area (Å²) in [6.45, 7) is 0. The van der Waals surface area contributed by atoms with E-state index in [1.54, 1.807) is 0 Å². The first-order valence-electron chi connectivity index (χ1n) is 2.55. The van der Waals surface area contributed by atoms with Crippen molar-refractivity contribution < 1.29 is 22.5 Å². The van der Waals surface area contributed by atoms with Gasteiger partial charge >= 0.3 is 12.3 Å². The molecule has 0 aliphatic carbocycles. The van der Waals surface area contributed by atoms with E-state index in [4.69, 9.17) is 0 Å². The van der Waals surface area contributed by atoms with Crippen molar-refractivity contribution in [2.24, 2.45) is 5.73 Å². The van der Waals surface area contributed by atoms with E-state index in [9.17, 15) is 27.7 Å². The van der Waals surface area contributed by atoms with Crippen LogP contribution in [0.2, 0.25) is 0 Å². The average molecular weight is 188 g/mol. The molecule has 0 atom stereocenters. The fraction of sp³-hybridized carbons (Fsp3) is 0.500. The summed E-state index contributed by atoms with van der Waals surface area (Å²) in [7, 11) is 0. The third-order valence-electron chi connectivity index (χ3n) is 0.903. The van der Waals surface area contributed by atoms with E-state index in [1.807, 2.05) is 0 Å². The number of nitrogens with two attached hydrogens (primary N) is 1. The third-order valence-corrected chi connectivity index (χ3v) is 0.903. The maximum Gasteiger partial charge on any atom is 0.352 e. The van der Waals surface area contributed by atoms with E-state index in [1.165, 1.54) is 0 Å². The van der Waals surface area contributed by atoms with Crippen LogP contribution in [0.1, 0.15) is 0 Å². The summed E-state index contributed by atoms with van der Waals surface area (Å²) in [6.07, 6.45) is -4.40. The van der Waals surface area contributed by atoms with Crippen molar-refractivity contribution in [3.63, 3.8) is 0 Å². The van der Waals surface area contributed by atoms with E-state index in [-0.39, 0.29) is 6.20 Å². The average Bonchev–Trinajstić information content (AvgIpc) is 1.85. The molecule has 0 aliphatic heterocycles. The number of nitro groups is 1. The lowest BCUT2D eigenvalue weighted by Crippen LogP contribution is -2.33. The number of alkyl halides is 4. The molecule has 0 aromatic rings. The number of rotatable bonds is 3. The van der Waals surface area contributed by atoms with Crippen LogP contribution in [-0.2, 0) is 0 Å². The van der Waals surface area contributed by atoms with Crippen LogP contribution in [0, 0.1) is 10.1 Å². The van der Waals surface area contributed by atoms with Gasteiger partial charge in [0.1, 0.15) is 0 Å². The van der Waals surface area contributed by atoms with Crippen LogP contribution in [0.5, 0.6) is 0 Å². The smallest absolute Gasteiger partial charge is 0.352 e. The molecule has 0 aromatic carbocycles. The second kappa shape index (κ2) is 3.37. The molecule has 12 heavy (non-hydrogen) atoms. The molecule has 0 fully saturated rings. The Morgan fingerprint density at radius 2 is 2.00 bits per heavy atom. The summed E-state index contributed by atoms with van der Waals surface area (Å²) >= 11 is 0. The molecule has 4 nitrogen and oxygen atoms in total. The zero-order chi connectivity index (χ0) is 9.94. The Morgan fingerprint density at radius 3 is 2.25 bits per heavy atom. The minimum absolute atomic E-state index is 0.355. The van der Waals surface area contributed by atoms with Gasteiger partial charge in [0.15, 0.2) is 5.70 Å². The molecule has 0 bridgehead atoms.